The molecule has 0 aliphatic rings. The van der Waals surface area contributed by atoms with Gasteiger partial charge in [-0.05, 0) is 12.8 Å². The molecule has 0 bridgehead atoms. The summed E-state index contributed by atoms with van der Waals surface area (Å²) in [5.41, 5.74) is 0. The van der Waals surface area contributed by atoms with Crippen molar-refractivity contribution in [2.24, 2.45) is 0 Å². The Morgan fingerprint density at radius 3 is 2.21 bits per heavy atom. The summed E-state index contributed by atoms with van der Waals surface area (Å²) < 4.78 is 32.8. The van der Waals surface area contributed by atoms with Gasteiger partial charge in [-0.25, -0.2) is 4.57 Å². The van der Waals surface area contributed by atoms with Gasteiger partial charge in [-0.2, -0.15) is 0 Å². The fourth-order valence-corrected chi connectivity index (χ4v) is 1.76. The van der Waals surface area contributed by atoms with Crippen LogP contribution in [0.2, 0.25) is 0 Å². The molecular weight excluding hydrogens is 206 g/mol. The van der Waals surface area contributed by atoms with Crippen molar-refractivity contribution in [3.8, 4) is 0 Å². The van der Waals surface area contributed by atoms with Crippen LogP contribution < -0.4 is 0 Å². The minimum atomic E-state index is -4.26. The van der Waals surface area contributed by atoms with Crippen LogP contribution in [0, 0.1) is 0 Å². The summed E-state index contributed by atoms with van der Waals surface area (Å²) >= 11 is 0. The van der Waals surface area contributed by atoms with E-state index < -0.39 is 7.91 Å². The van der Waals surface area contributed by atoms with E-state index in [1.165, 1.54) is 0 Å². The molecule has 1 atom stereocenters. The fraction of sp³-hybridized carbons (Fsp3) is 1.00. The van der Waals surface area contributed by atoms with Crippen LogP contribution in [0.15, 0.2) is 0 Å². The maximum Gasteiger partial charge on any atom is 0.513 e. The number of hydrogen-bond acceptors (Lipinski definition) is 3. The van der Waals surface area contributed by atoms with Crippen molar-refractivity contribution in [3.63, 3.8) is 0 Å². The maximum atomic E-state index is 12.9. The van der Waals surface area contributed by atoms with Crippen LogP contribution in [0.25, 0.3) is 0 Å². The predicted molar refractivity (Wildman–Crippen MR) is 55.1 cm³/mol. The molecule has 0 saturated carbocycles. The Balaban J connectivity index is 3.40. The Bertz CT molecular complexity index is 175. The van der Waals surface area contributed by atoms with Crippen molar-refractivity contribution in [3.05, 3.63) is 0 Å². The summed E-state index contributed by atoms with van der Waals surface area (Å²) in [4.78, 5) is 0. The number of unbranched alkanes of at least 4 members (excludes halogenated alkanes) is 3. The van der Waals surface area contributed by atoms with Crippen molar-refractivity contribution in [1.82, 2.24) is 0 Å². The molecule has 0 aromatic heterocycles. The van der Waals surface area contributed by atoms with E-state index in [2.05, 4.69) is 16.0 Å². The van der Waals surface area contributed by atoms with Gasteiger partial charge in [-0.1, -0.05) is 33.1 Å². The van der Waals surface area contributed by atoms with Gasteiger partial charge in [0.25, 0.3) is 0 Å². The molecule has 0 aromatic carbocycles. The highest BCUT2D eigenvalue weighted by molar-refractivity contribution is 7.48. The largest absolute Gasteiger partial charge is 0.513 e. The first kappa shape index (κ1) is 14.1. The quantitative estimate of drug-likeness (QED) is 0.439. The summed E-state index contributed by atoms with van der Waals surface area (Å²) in [5.74, 6) is 0. The van der Waals surface area contributed by atoms with E-state index in [-0.39, 0.29) is 13.2 Å². The lowest BCUT2D eigenvalue weighted by molar-refractivity contribution is 0.172. The molecule has 0 aromatic rings. The van der Waals surface area contributed by atoms with Crippen LogP contribution in [0.5, 0.6) is 0 Å². The Morgan fingerprint density at radius 2 is 1.64 bits per heavy atom. The lowest BCUT2D eigenvalue weighted by atomic mass is 10.2. The zero-order valence-electron chi connectivity index (χ0n) is 9.00. The Kier molecular flexibility index (Phi) is 8.44. The second-order valence-corrected chi connectivity index (χ2v) is 4.54. The topological polar surface area (TPSA) is 35.5 Å². The first-order valence-electron chi connectivity index (χ1n) is 5.21. The molecule has 0 N–H and O–H groups in total. The number of rotatable bonds is 9. The molecule has 1 unspecified atom stereocenters. The molecule has 5 heteroatoms. The van der Waals surface area contributed by atoms with Crippen molar-refractivity contribution >= 4 is 7.91 Å². The molecule has 3 nitrogen and oxygen atoms in total. The van der Waals surface area contributed by atoms with Gasteiger partial charge in [0.05, 0.1) is 13.2 Å². The molecule has 0 spiro atoms. The molecule has 0 heterocycles. The smallest absolute Gasteiger partial charge is 0.284 e. The summed E-state index contributed by atoms with van der Waals surface area (Å²) in [5, 5.41) is 0. The summed E-state index contributed by atoms with van der Waals surface area (Å²) in [6.07, 6.45) is 4.55. The van der Waals surface area contributed by atoms with Crippen LogP contribution in [-0.4, -0.2) is 13.2 Å². The second-order valence-electron chi connectivity index (χ2n) is 3.16. The molecule has 0 rings (SSSR count). The van der Waals surface area contributed by atoms with Crippen molar-refractivity contribution in [2.75, 3.05) is 13.2 Å². The fourth-order valence-electron chi connectivity index (χ4n) is 0.940. The van der Waals surface area contributed by atoms with Gasteiger partial charge in [0.15, 0.2) is 0 Å². The highest BCUT2D eigenvalue weighted by atomic mass is 31.2. The third-order valence-electron chi connectivity index (χ3n) is 1.69. The van der Waals surface area contributed by atoms with Gasteiger partial charge < -0.3 is 0 Å². The number of halogens is 1. The molecule has 0 aliphatic carbocycles. The van der Waals surface area contributed by atoms with Crippen LogP contribution >= 0.6 is 7.91 Å². The Hall–Kier alpha value is 0.0800. The third-order valence-corrected chi connectivity index (χ3v) is 2.67. The molecule has 0 radical (unpaired) electrons. The standard InChI is InChI=1S/C9H20FO3P/c1-3-5-6-7-9-13-14(10,11)12-8-4-2/h3-9H2,1-2H3. The minimum Gasteiger partial charge on any atom is -0.284 e. The second kappa shape index (κ2) is 8.39. The zero-order valence-corrected chi connectivity index (χ0v) is 9.89. The summed E-state index contributed by atoms with van der Waals surface area (Å²) in [6.45, 7) is 4.23. The van der Waals surface area contributed by atoms with E-state index in [1.54, 1.807) is 0 Å². The zero-order chi connectivity index (χ0) is 10.9. The summed E-state index contributed by atoms with van der Waals surface area (Å²) in [7, 11) is -4.26. The van der Waals surface area contributed by atoms with Crippen molar-refractivity contribution in [1.29, 1.82) is 0 Å². The van der Waals surface area contributed by atoms with Crippen LogP contribution in [0.1, 0.15) is 46.0 Å². The number of hydrogen-bond donors (Lipinski definition) is 0. The Morgan fingerprint density at radius 1 is 1.00 bits per heavy atom. The molecular formula is C9H20FO3P. The lowest BCUT2D eigenvalue weighted by Crippen LogP contribution is -1.95. The van der Waals surface area contributed by atoms with Crippen LogP contribution in [0.4, 0.5) is 4.20 Å². The third kappa shape index (κ3) is 8.67. The van der Waals surface area contributed by atoms with E-state index in [0.717, 1.165) is 25.7 Å². The average molecular weight is 226 g/mol. The van der Waals surface area contributed by atoms with E-state index in [0.29, 0.717) is 6.42 Å². The van der Waals surface area contributed by atoms with Crippen molar-refractivity contribution < 1.29 is 17.8 Å². The molecule has 0 amide bonds. The highest BCUT2D eigenvalue weighted by Gasteiger charge is 2.22. The van der Waals surface area contributed by atoms with Gasteiger partial charge in [0, 0.05) is 0 Å². The Labute approximate surface area is 85.6 Å². The van der Waals surface area contributed by atoms with E-state index in [1.807, 2.05) is 6.92 Å². The first-order chi connectivity index (χ1) is 6.62. The van der Waals surface area contributed by atoms with E-state index in [4.69, 9.17) is 0 Å². The normalized spacial score (nSPS) is 15.4. The summed E-state index contributed by atoms with van der Waals surface area (Å²) in [6, 6.07) is 0. The predicted octanol–water partition coefficient (Wildman–Crippen LogP) is 4.09. The van der Waals surface area contributed by atoms with Crippen LogP contribution in [0.3, 0.4) is 0 Å². The molecule has 86 valence electrons. The molecule has 14 heavy (non-hydrogen) atoms. The first-order valence-corrected chi connectivity index (χ1v) is 6.64. The molecule has 0 saturated heterocycles. The lowest BCUT2D eigenvalue weighted by Gasteiger charge is -2.08. The van der Waals surface area contributed by atoms with Crippen LogP contribution in [-0.2, 0) is 13.6 Å². The van der Waals surface area contributed by atoms with Gasteiger partial charge in [0.2, 0.25) is 0 Å². The minimum absolute atomic E-state index is 0.142. The van der Waals surface area contributed by atoms with E-state index in [9.17, 15) is 8.76 Å². The SMILES string of the molecule is CCCCCCOP(=O)(F)OCCC. The van der Waals surface area contributed by atoms with Gasteiger partial charge in [-0.3, -0.25) is 9.05 Å². The van der Waals surface area contributed by atoms with Gasteiger partial charge in [-0.15, -0.1) is 4.20 Å². The highest BCUT2D eigenvalue weighted by Crippen LogP contribution is 2.49. The van der Waals surface area contributed by atoms with Gasteiger partial charge >= 0.3 is 7.91 Å². The van der Waals surface area contributed by atoms with Crippen molar-refractivity contribution in [2.45, 2.75) is 46.0 Å². The average Bonchev–Trinajstić information content (AvgIpc) is 2.15. The van der Waals surface area contributed by atoms with E-state index >= 15 is 0 Å². The monoisotopic (exact) mass is 226 g/mol. The molecule has 0 aliphatic heterocycles. The van der Waals surface area contributed by atoms with Gasteiger partial charge in [0.1, 0.15) is 0 Å². The maximum absolute atomic E-state index is 12.9. The molecule has 0 fully saturated rings.